The van der Waals surface area contributed by atoms with Crippen LogP contribution in [0.15, 0.2) is 41.3 Å². The van der Waals surface area contributed by atoms with Gasteiger partial charge in [-0.15, -0.1) is 0 Å². The lowest BCUT2D eigenvalue weighted by molar-refractivity contribution is 0.0567. The number of carbonyl (C=O) groups excluding carboxylic acids is 2. The fourth-order valence-electron chi connectivity index (χ4n) is 2.56. The Morgan fingerprint density at radius 3 is 2.37 bits per heavy atom. The van der Waals surface area contributed by atoms with Gasteiger partial charge >= 0.3 is 5.97 Å². The average molecular weight is 373 g/mol. The topological polar surface area (TPSA) is 83.8 Å². The zero-order valence-electron chi connectivity index (χ0n) is 15.9. The van der Waals surface area contributed by atoms with Crippen molar-refractivity contribution in [1.29, 1.82) is 0 Å². The number of ether oxygens (including phenoxy) is 3. The van der Waals surface area contributed by atoms with Gasteiger partial charge in [-0.2, -0.15) is 0 Å². The van der Waals surface area contributed by atoms with Crippen LogP contribution in [0.5, 0.6) is 5.75 Å². The first-order chi connectivity index (χ1) is 12.9. The molecule has 144 valence electrons. The number of aromatic nitrogens is 1. The van der Waals surface area contributed by atoms with Gasteiger partial charge in [0.2, 0.25) is 5.43 Å². The van der Waals surface area contributed by atoms with E-state index in [1.807, 2.05) is 30.3 Å². The SMILES string of the molecule is COC(=O)c1c(OCc2ccccc2)c(=O)c(C(C)=O)cn1CC(C)OC. The Balaban J connectivity index is 2.59. The lowest BCUT2D eigenvalue weighted by Crippen LogP contribution is -2.28. The highest BCUT2D eigenvalue weighted by molar-refractivity contribution is 5.96. The van der Waals surface area contributed by atoms with Crippen molar-refractivity contribution in [2.75, 3.05) is 14.2 Å². The van der Waals surface area contributed by atoms with Gasteiger partial charge in [0, 0.05) is 19.9 Å². The van der Waals surface area contributed by atoms with E-state index in [-0.39, 0.29) is 36.3 Å². The maximum Gasteiger partial charge on any atom is 0.358 e. The van der Waals surface area contributed by atoms with E-state index >= 15 is 0 Å². The van der Waals surface area contributed by atoms with Crippen molar-refractivity contribution >= 4 is 11.8 Å². The molecule has 27 heavy (non-hydrogen) atoms. The lowest BCUT2D eigenvalue weighted by Gasteiger charge is -2.20. The van der Waals surface area contributed by atoms with Gasteiger partial charge in [0.15, 0.2) is 17.2 Å². The second-order valence-corrected chi connectivity index (χ2v) is 6.07. The summed E-state index contributed by atoms with van der Waals surface area (Å²) in [5, 5.41) is 0. The van der Waals surface area contributed by atoms with Crippen LogP contribution in [-0.2, 0) is 22.6 Å². The van der Waals surface area contributed by atoms with Crippen LogP contribution in [0.2, 0.25) is 0 Å². The molecule has 1 heterocycles. The van der Waals surface area contributed by atoms with Gasteiger partial charge in [-0.25, -0.2) is 4.79 Å². The molecule has 0 spiro atoms. The molecular formula is C20H23NO6. The van der Waals surface area contributed by atoms with Gasteiger partial charge < -0.3 is 18.8 Å². The highest BCUT2D eigenvalue weighted by atomic mass is 16.5. The predicted octanol–water partition coefficient (Wildman–Crippen LogP) is 2.45. The van der Waals surface area contributed by atoms with Crippen molar-refractivity contribution in [3.05, 3.63) is 63.6 Å². The molecule has 0 N–H and O–H groups in total. The van der Waals surface area contributed by atoms with Crippen molar-refractivity contribution in [3.63, 3.8) is 0 Å². The first-order valence-corrected chi connectivity index (χ1v) is 8.45. The molecule has 0 aliphatic heterocycles. The van der Waals surface area contributed by atoms with Gasteiger partial charge in [-0.3, -0.25) is 9.59 Å². The molecule has 2 aromatic rings. The molecule has 1 unspecified atom stereocenters. The number of hydrogen-bond acceptors (Lipinski definition) is 6. The largest absolute Gasteiger partial charge is 0.482 e. The Bertz CT molecular complexity index is 872. The van der Waals surface area contributed by atoms with Gasteiger partial charge in [0.05, 0.1) is 18.8 Å². The number of hydrogen-bond donors (Lipinski definition) is 0. The second-order valence-electron chi connectivity index (χ2n) is 6.07. The molecule has 0 aliphatic carbocycles. The molecule has 1 aromatic carbocycles. The summed E-state index contributed by atoms with van der Waals surface area (Å²) in [5.41, 5.74) is 0.0688. The van der Waals surface area contributed by atoms with E-state index in [0.717, 1.165) is 5.56 Å². The average Bonchev–Trinajstić information content (AvgIpc) is 2.67. The number of methoxy groups -OCH3 is 2. The quantitative estimate of drug-likeness (QED) is 0.522. The molecular weight excluding hydrogens is 350 g/mol. The summed E-state index contributed by atoms with van der Waals surface area (Å²) in [6.45, 7) is 3.40. The van der Waals surface area contributed by atoms with Crippen molar-refractivity contribution in [2.24, 2.45) is 0 Å². The summed E-state index contributed by atoms with van der Waals surface area (Å²) in [6, 6.07) is 9.20. The van der Waals surface area contributed by atoms with Gasteiger partial charge in [0.1, 0.15) is 6.61 Å². The number of pyridine rings is 1. The fourth-order valence-corrected chi connectivity index (χ4v) is 2.56. The van der Waals surface area contributed by atoms with Crippen LogP contribution >= 0.6 is 0 Å². The molecule has 0 saturated heterocycles. The molecule has 0 radical (unpaired) electrons. The van der Waals surface area contributed by atoms with E-state index in [2.05, 4.69) is 0 Å². The van der Waals surface area contributed by atoms with Crippen molar-refractivity contribution in [3.8, 4) is 5.75 Å². The van der Waals surface area contributed by atoms with Crippen LogP contribution in [0, 0.1) is 0 Å². The highest BCUT2D eigenvalue weighted by Crippen LogP contribution is 2.19. The van der Waals surface area contributed by atoms with Crippen LogP contribution in [0.4, 0.5) is 0 Å². The minimum absolute atomic E-state index is 0.0488. The number of benzene rings is 1. The zero-order valence-corrected chi connectivity index (χ0v) is 15.9. The van der Waals surface area contributed by atoms with E-state index < -0.39 is 17.2 Å². The van der Waals surface area contributed by atoms with Crippen molar-refractivity contribution < 1.29 is 23.8 Å². The van der Waals surface area contributed by atoms with E-state index in [4.69, 9.17) is 14.2 Å². The smallest absolute Gasteiger partial charge is 0.358 e. The van der Waals surface area contributed by atoms with Gasteiger partial charge in [-0.1, -0.05) is 30.3 Å². The molecule has 0 amide bonds. The maximum absolute atomic E-state index is 12.8. The lowest BCUT2D eigenvalue weighted by atomic mass is 10.1. The minimum Gasteiger partial charge on any atom is -0.482 e. The van der Waals surface area contributed by atoms with E-state index in [0.29, 0.717) is 0 Å². The number of Topliss-reactive ketones (excluding diaryl/α,β-unsaturated/α-hetero) is 1. The summed E-state index contributed by atoms with van der Waals surface area (Å²) >= 11 is 0. The molecule has 0 saturated carbocycles. The molecule has 0 bridgehead atoms. The standard InChI is InChI=1S/C20H23NO6/c1-13(25-3)10-21-11-16(14(2)22)18(23)19(17(21)20(24)26-4)27-12-15-8-6-5-7-9-15/h5-9,11,13H,10,12H2,1-4H3. The summed E-state index contributed by atoms with van der Waals surface area (Å²) in [5.74, 6) is -1.35. The summed E-state index contributed by atoms with van der Waals surface area (Å²) < 4.78 is 17.2. The molecule has 1 aromatic heterocycles. The minimum atomic E-state index is -0.728. The Morgan fingerprint density at radius 2 is 1.81 bits per heavy atom. The Kier molecular flexibility index (Phi) is 6.90. The maximum atomic E-state index is 12.8. The zero-order chi connectivity index (χ0) is 20.0. The fraction of sp³-hybridized carbons (Fsp3) is 0.350. The van der Waals surface area contributed by atoms with E-state index in [1.54, 1.807) is 6.92 Å². The predicted molar refractivity (Wildman–Crippen MR) is 99.3 cm³/mol. The first kappa shape index (κ1) is 20.4. The monoisotopic (exact) mass is 373 g/mol. The first-order valence-electron chi connectivity index (χ1n) is 8.45. The Labute approximate surface area is 157 Å². The molecule has 1 atom stereocenters. The normalized spacial score (nSPS) is 11.7. The molecule has 2 rings (SSSR count). The Morgan fingerprint density at radius 1 is 1.15 bits per heavy atom. The van der Waals surface area contributed by atoms with E-state index in [9.17, 15) is 14.4 Å². The van der Waals surface area contributed by atoms with Gasteiger partial charge in [0.25, 0.3) is 0 Å². The number of rotatable bonds is 8. The molecule has 7 heteroatoms. The second kappa shape index (κ2) is 9.14. The third-order valence-corrected chi connectivity index (χ3v) is 4.08. The van der Waals surface area contributed by atoms with Crippen LogP contribution in [-0.4, -0.2) is 36.6 Å². The Hall–Kier alpha value is -2.93. The number of carbonyl (C=O) groups is 2. The number of esters is 1. The number of ketones is 1. The highest BCUT2D eigenvalue weighted by Gasteiger charge is 2.26. The molecule has 0 fully saturated rings. The van der Waals surface area contributed by atoms with E-state index in [1.165, 1.54) is 31.9 Å². The van der Waals surface area contributed by atoms with Crippen molar-refractivity contribution in [1.82, 2.24) is 4.57 Å². The third kappa shape index (κ3) is 4.83. The van der Waals surface area contributed by atoms with Crippen molar-refractivity contribution in [2.45, 2.75) is 33.1 Å². The van der Waals surface area contributed by atoms with Crippen LogP contribution in [0.25, 0.3) is 0 Å². The van der Waals surface area contributed by atoms with Crippen LogP contribution in [0.3, 0.4) is 0 Å². The molecule has 0 aliphatic rings. The molecule has 7 nitrogen and oxygen atoms in total. The summed E-state index contributed by atoms with van der Waals surface area (Å²) in [7, 11) is 2.75. The van der Waals surface area contributed by atoms with Crippen LogP contribution in [0.1, 0.15) is 40.3 Å². The number of nitrogens with zero attached hydrogens (tertiary/aromatic N) is 1. The summed E-state index contributed by atoms with van der Waals surface area (Å²) in [6.07, 6.45) is 1.08. The van der Waals surface area contributed by atoms with Crippen LogP contribution < -0.4 is 10.2 Å². The third-order valence-electron chi connectivity index (χ3n) is 4.08. The van der Waals surface area contributed by atoms with Gasteiger partial charge in [-0.05, 0) is 19.4 Å². The summed E-state index contributed by atoms with van der Waals surface area (Å²) in [4.78, 5) is 37.1.